The van der Waals surface area contributed by atoms with Crippen LogP contribution in [-0.4, -0.2) is 19.1 Å². The zero-order valence-electron chi connectivity index (χ0n) is 17.1. The zero-order chi connectivity index (χ0) is 22.2. The van der Waals surface area contributed by atoms with Gasteiger partial charge in [0.25, 0.3) is 0 Å². The van der Waals surface area contributed by atoms with Crippen LogP contribution in [0.3, 0.4) is 0 Å². The average Bonchev–Trinajstić information content (AvgIpc) is 3.32. The first kappa shape index (κ1) is 20.7. The number of fused-ring (bicyclic) bond motifs is 1. The van der Waals surface area contributed by atoms with Crippen molar-refractivity contribution in [1.82, 2.24) is 19.1 Å². The fraction of sp³-hybridized carbons (Fsp3) is 0.261. The summed E-state index contributed by atoms with van der Waals surface area (Å²) < 4.78 is 42.4. The van der Waals surface area contributed by atoms with E-state index in [1.165, 1.54) is 4.57 Å². The molecule has 4 aromatic rings. The molecule has 0 aliphatic heterocycles. The minimum Gasteiger partial charge on any atom is -0.308 e. The number of rotatable bonds is 5. The van der Waals surface area contributed by atoms with E-state index in [2.05, 4.69) is 16.5 Å². The summed E-state index contributed by atoms with van der Waals surface area (Å²) in [5, 5.41) is 9.23. The van der Waals surface area contributed by atoms with E-state index in [0.29, 0.717) is 12.2 Å². The van der Waals surface area contributed by atoms with Crippen molar-refractivity contribution < 1.29 is 13.2 Å². The molecular weight excluding hydrogens is 403 g/mol. The van der Waals surface area contributed by atoms with E-state index in [4.69, 9.17) is 4.98 Å². The molecule has 1 aromatic carbocycles. The van der Waals surface area contributed by atoms with Gasteiger partial charge in [0.2, 0.25) is 0 Å². The lowest BCUT2D eigenvalue weighted by molar-refractivity contribution is -0.137. The number of nitriles is 1. The van der Waals surface area contributed by atoms with E-state index in [-0.39, 0.29) is 5.69 Å². The summed E-state index contributed by atoms with van der Waals surface area (Å²) in [4.78, 5) is 9.27. The molecule has 0 aliphatic rings. The van der Waals surface area contributed by atoms with Crippen LogP contribution in [0.25, 0.3) is 16.9 Å². The van der Waals surface area contributed by atoms with Crippen molar-refractivity contribution in [3.8, 4) is 11.8 Å². The summed E-state index contributed by atoms with van der Waals surface area (Å²) in [6.45, 7) is 4.65. The predicted molar refractivity (Wildman–Crippen MR) is 111 cm³/mol. The van der Waals surface area contributed by atoms with Gasteiger partial charge in [0.05, 0.1) is 12.1 Å². The maximum Gasteiger partial charge on any atom is 0.417 e. The van der Waals surface area contributed by atoms with Crippen molar-refractivity contribution >= 4 is 11.2 Å². The molecule has 0 bridgehead atoms. The Kier molecular flexibility index (Phi) is 5.27. The average molecular weight is 423 g/mol. The number of pyridine rings is 1. The quantitative estimate of drug-likeness (QED) is 0.431. The van der Waals surface area contributed by atoms with Gasteiger partial charge >= 0.3 is 6.18 Å². The van der Waals surface area contributed by atoms with Crippen LogP contribution in [-0.2, 0) is 19.1 Å². The van der Waals surface area contributed by atoms with Crippen LogP contribution in [0.4, 0.5) is 13.2 Å². The Morgan fingerprint density at radius 3 is 2.52 bits per heavy atom. The summed E-state index contributed by atoms with van der Waals surface area (Å²) in [7, 11) is 0. The molecule has 158 valence electrons. The van der Waals surface area contributed by atoms with Crippen LogP contribution in [0.5, 0.6) is 0 Å². The molecule has 4 rings (SSSR count). The van der Waals surface area contributed by atoms with Gasteiger partial charge in [0.1, 0.15) is 23.1 Å². The highest BCUT2D eigenvalue weighted by Gasteiger charge is 2.33. The van der Waals surface area contributed by atoms with Crippen molar-refractivity contribution in [2.24, 2.45) is 0 Å². The highest BCUT2D eigenvalue weighted by atomic mass is 19.4. The smallest absolute Gasteiger partial charge is 0.308 e. The molecule has 0 unspecified atom stereocenters. The van der Waals surface area contributed by atoms with Gasteiger partial charge in [-0.1, -0.05) is 19.1 Å². The van der Waals surface area contributed by atoms with E-state index < -0.39 is 11.7 Å². The summed E-state index contributed by atoms with van der Waals surface area (Å²) in [6.07, 6.45) is -0.0121. The third-order valence-corrected chi connectivity index (χ3v) is 5.21. The van der Waals surface area contributed by atoms with Gasteiger partial charge in [-0.25, -0.2) is 9.97 Å². The largest absolute Gasteiger partial charge is 0.417 e. The van der Waals surface area contributed by atoms with E-state index in [1.54, 1.807) is 18.3 Å². The van der Waals surface area contributed by atoms with Gasteiger partial charge in [-0.15, -0.1) is 0 Å². The second-order valence-corrected chi connectivity index (χ2v) is 7.42. The van der Waals surface area contributed by atoms with Gasteiger partial charge in [0, 0.05) is 24.5 Å². The first-order valence-electron chi connectivity index (χ1n) is 9.91. The zero-order valence-corrected chi connectivity index (χ0v) is 17.1. The summed E-state index contributed by atoms with van der Waals surface area (Å²) >= 11 is 0. The summed E-state index contributed by atoms with van der Waals surface area (Å²) in [5.74, 6) is 0.954. The normalized spacial score (nSPS) is 11.7. The molecule has 0 amide bonds. The molecule has 0 saturated carbocycles. The highest BCUT2D eigenvalue weighted by Crippen LogP contribution is 2.31. The molecule has 3 heterocycles. The Labute approximate surface area is 177 Å². The number of hydrogen-bond donors (Lipinski definition) is 0. The number of aromatic nitrogens is 4. The van der Waals surface area contributed by atoms with Crippen LogP contribution < -0.4 is 0 Å². The second kappa shape index (κ2) is 7.91. The molecule has 0 fully saturated rings. The predicted octanol–water partition coefficient (Wildman–Crippen LogP) is 5.42. The van der Waals surface area contributed by atoms with Crippen LogP contribution in [0.1, 0.15) is 41.6 Å². The summed E-state index contributed by atoms with van der Waals surface area (Å²) in [5.41, 5.74) is 3.31. The monoisotopic (exact) mass is 423 g/mol. The maximum absolute atomic E-state index is 13.0. The molecule has 0 aliphatic carbocycles. The molecule has 0 atom stereocenters. The first-order valence-corrected chi connectivity index (χ1v) is 9.91. The van der Waals surface area contributed by atoms with Crippen molar-refractivity contribution in [3.05, 3.63) is 77.0 Å². The first-order chi connectivity index (χ1) is 14.8. The van der Waals surface area contributed by atoms with Crippen molar-refractivity contribution in [3.63, 3.8) is 0 Å². The number of aryl methyl sites for hydroxylation is 2. The van der Waals surface area contributed by atoms with E-state index in [1.807, 2.05) is 31.2 Å². The highest BCUT2D eigenvalue weighted by molar-refractivity contribution is 5.75. The van der Waals surface area contributed by atoms with E-state index >= 15 is 0 Å². The number of imidazole rings is 1. The van der Waals surface area contributed by atoms with E-state index in [9.17, 15) is 18.4 Å². The SMILES string of the molecule is CCCc1nc2c(C)ccnc2n1Cc1ccc(-n2cc(C(F)(F)F)cc2C#N)cc1. The minimum atomic E-state index is -4.50. The molecule has 3 aromatic heterocycles. The van der Waals surface area contributed by atoms with Crippen molar-refractivity contribution in [2.45, 2.75) is 39.4 Å². The van der Waals surface area contributed by atoms with Gasteiger partial charge < -0.3 is 9.13 Å². The number of nitrogens with zero attached hydrogens (tertiary/aromatic N) is 5. The Bertz CT molecular complexity index is 1270. The Morgan fingerprint density at radius 2 is 1.87 bits per heavy atom. The summed E-state index contributed by atoms with van der Waals surface area (Å²) in [6, 6.07) is 11.7. The van der Waals surface area contributed by atoms with Gasteiger partial charge in [-0.05, 0) is 48.7 Å². The van der Waals surface area contributed by atoms with E-state index in [0.717, 1.165) is 53.2 Å². The third-order valence-electron chi connectivity index (χ3n) is 5.21. The van der Waals surface area contributed by atoms with Crippen LogP contribution in [0, 0.1) is 18.3 Å². The molecule has 0 N–H and O–H groups in total. The van der Waals surface area contributed by atoms with Crippen molar-refractivity contribution in [1.29, 1.82) is 5.26 Å². The Balaban J connectivity index is 1.68. The van der Waals surface area contributed by atoms with Gasteiger partial charge in [0.15, 0.2) is 5.65 Å². The minimum absolute atomic E-state index is 0.0643. The molecule has 5 nitrogen and oxygen atoms in total. The fourth-order valence-corrected chi connectivity index (χ4v) is 3.63. The standard InChI is InChI=1S/C23H20F3N5/c1-3-4-20-29-21-15(2)9-10-28-22(21)31(20)13-16-5-7-18(8-6-16)30-14-17(23(24,25)26)11-19(30)12-27/h5-11,14H,3-4,13H2,1-2H3. The lowest BCUT2D eigenvalue weighted by Crippen LogP contribution is -2.06. The molecule has 0 radical (unpaired) electrons. The van der Waals surface area contributed by atoms with Crippen LogP contribution in [0.15, 0.2) is 48.8 Å². The van der Waals surface area contributed by atoms with Crippen molar-refractivity contribution in [2.75, 3.05) is 0 Å². The Morgan fingerprint density at radius 1 is 1.13 bits per heavy atom. The molecule has 8 heteroatoms. The fourth-order valence-electron chi connectivity index (χ4n) is 3.63. The lowest BCUT2D eigenvalue weighted by atomic mass is 10.2. The molecular formula is C23H20F3N5. The number of alkyl halides is 3. The molecule has 31 heavy (non-hydrogen) atoms. The van der Waals surface area contributed by atoms with Gasteiger partial charge in [-0.3, -0.25) is 0 Å². The van der Waals surface area contributed by atoms with Crippen LogP contribution in [0.2, 0.25) is 0 Å². The number of benzene rings is 1. The number of hydrogen-bond acceptors (Lipinski definition) is 3. The Hall–Kier alpha value is -3.60. The second-order valence-electron chi connectivity index (χ2n) is 7.42. The number of halogens is 3. The maximum atomic E-state index is 13.0. The topological polar surface area (TPSA) is 59.4 Å². The molecule has 0 saturated heterocycles. The molecule has 0 spiro atoms. The third kappa shape index (κ3) is 3.91. The van der Waals surface area contributed by atoms with Crippen LogP contribution >= 0.6 is 0 Å². The van der Waals surface area contributed by atoms with Gasteiger partial charge in [-0.2, -0.15) is 18.4 Å². The lowest BCUT2D eigenvalue weighted by Gasteiger charge is -2.10.